The van der Waals surface area contributed by atoms with Crippen molar-refractivity contribution < 1.29 is 30.5 Å². The van der Waals surface area contributed by atoms with Crippen LogP contribution >= 0.6 is 23.1 Å². The Balaban J connectivity index is 1.71. The summed E-state index contributed by atoms with van der Waals surface area (Å²) >= 11 is 3.22. The summed E-state index contributed by atoms with van der Waals surface area (Å²) in [6, 6.07) is 6.33. The zero-order valence-electron chi connectivity index (χ0n) is 20.7. The second-order valence-electron chi connectivity index (χ2n) is 8.82. The van der Waals surface area contributed by atoms with Crippen molar-refractivity contribution in [3.63, 3.8) is 0 Å². The van der Waals surface area contributed by atoms with Crippen LogP contribution in [-0.4, -0.2) is 58.5 Å². The van der Waals surface area contributed by atoms with Gasteiger partial charge in [0.1, 0.15) is 0 Å². The molecule has 1 aliphatic heterocycles. The van der Waals surface area contributed by atoms with Crippen molar-refractivity contribution in [1.82, 2.24) is 0 Å². The van der Waals surface area contributed by atoms with E-state index in [0.717, 1.165) is 42.6 Å². The number of hydrogen-bond acceptors (Lipinski definition) is 7. The summed E-state index contributed by atoms with van der Waals surface area (Å²) in [5, 5.41) is 2.98. The van der Waals surface area contributed by atoms with Gasteiger partial charge in [0.15, 0.2) is 0 Å². The molecule has 13 heteroatoms. The summed E-state index contributed by atoms with van der Waals surface area (Å²) in [6.07, 6.45) is 5.26. The number of fused-ring (bicyclic) bond motifs is 2. The molecule has 0 spiro atoms. The fourth-order valence-corrected chi connectivity index (χ4v) is 10.1. The van der Waals surface area contributed by atoms with Crippen molar-refractivity contribution in [2.75, 3.05) is 23.0 Å². The van der Waals surface area contributed by atoms with Gasteiger partial charge in [0.2, 0.25) is 0 Å². The van der Waals surface area contributed by atoms with Crippen LogP contribution in [0.3, 0.4) is 0 Å². The third kappa shape index (κ3) is 7.15. The molecule has 1 aliphatic rings. The third-order valence-electron chi connectivity index (χ3n) is 6.07. The molecule has 2 aromatic heterocycles. The molecule has 8 nitrogen and oxygen atoms in total. The van der Waals surface area contributed by atoms with Gasteiger partial charge >= 0.3 is 233 Å². The van der Waals surface area contributed by atoms with Crippen molar-refractivity contribution in [2.24, 2.45) is 0 Å². The van der Waals surface area contributed by atoms with Gasteiger partial charge in [-0.1, -0.05) is 0 Å². The second-order valence-corrected chi connectivity index (χ2v) is 16.2. The van der Waals surface area contributed by atoms with Crippen molar-refractivity contribution in [3.05, 3.63) is 56.0 Å². The second kappa shape index (κ2) is 11.4. The summed E-state index contributed by atoms with van der Waals surface area (Å²) in [5.41, 5.74) is 4.42. The Morgan fingerprint density at radius 3 is 2.49 bits per heavy atom. The number of hydrogen-bond donors (Lipinski definition) is 2. The molecule has 3 aromatic rings. The van der Waals surface area contributed by atoms with Gasteiger partial charge in [0.25, 0.3) is 0 Å². The molecule has 37 heavy (non-hydrogen) atoms. The Labute approximate surface area is 231 Å². The summed E-state index contributed by atoms with van der Waals surface area (Å²) < 4.78 is 68.3. The molecule has 200 valence electrons. The SMILES string of the molecule is CCC(=Cc1[se]c2ccsc2[n+]1CCS(=O)(=O)O)C=C1Sc2cc(C)c(C)cc2N1CCCS(=O)(=O)O. The number of thioether (sulfide) groups is 1. The van der Waals surface area contributed by atoms with Crippen LogP contribution < -0.4 is 9.47 Å². The molecule has 0 fully saturated rings. The Morgan fingerprint density at radius 2 is 1.81 bits per heavy atom. The Bertz CT molecular complexity index is 1600. The van der Waals surface area contributed by atoms with Gasteiger partial charge in [-0.2, -0.15) is 0 Å². The zero-order valence-corrected chi connectivity index (χ0v) is 25.6. The van der Waals surface area contributed by atoms with E-state index in [0.29, 0.717) is 13.0 Å². The Hall–Kier alpha value is -1.44. The molecule has 0 radical (unpaired) electrons. The number of benzene rings is 1. The number of aryl methyl sites for hydroxylation is 3. The first-order valence-electron chi connectivity index (χ1n) is 11.6. The minimum atomic E-state index is -4.08. The van der Waals surface area contributed by atoms with Crippen LogP contribution in [-0.2, 0) is 26.8 Å². The van der Waals surface area contributed by atoms with Gasteiger partial charge in [-0.05, 0) is 0 Å². The Kier molecular flexibility index (Phi) is 8.76. The number of aromatic nitrogens is 1. The Morgan fingerprint density at radius 1 is 1.11 bits per heavy atom. The predicted molar refractivity (Wildman–Crippen MR) is 152 cm³/mol. The van der Waals surface area contributed by atoms with Crippen molar-refractivity contribution in [3.8, 4) is 0 Å². The van der Waals surface area contributed by atoms with E-state index in [-0.39, 0.29) is 32.6 Å². The number of anilines is 1. The molecular weight excluding hydrogens is 620 g/mol. The standard InChI is InChI=1S/C24H28N2O6S4Se/c1-4-18(15-23-26(8-11-36(30,31)32)24-21(37-23)6-9-33-24)14-22-25(7-5-10-35(27,28)29)19-12-16(2)17(3)13-20(19)34-22/h6,9,12-15H,4-5,7-8,10-11H2,1-3H3,(H-,27,28,29,30,31,32)/p+1. The van der Waals surface area contributed by atoms with Crippen molar-refractivity contribution in [2.45, 2.75) is 45.1 Å². The van der Waals surface area contributed by atoms with Gasteiger partial charge in [-0.3, -0.25) is 0 Å². The monoisotopic (exact) mass is 649 g/mol. The van der Waals surface area contributed by atoms with E-state index in [1.165, 1.54) is 9.82 Å². The van der Waals surface area contributed by atoms with Gasteiger partial charge < -0.3 is 0 Å². The molecule has 2 N–H and O–H groups in total. The van der Waals surface area contributed by atoms with Crippen LogP contribution in [0.5, 0.6) is 0 Å². The molecule has 1 aromatic carbocycles. The van der Waals surface area contributed by atoms with Gasteiger partial charge in [-0.15, -0.1) is 0 Å². The van der Waals surface area contributed by atoms with Crippen LogP contribution in [0, 0.1) is 13.8 Å². The number of allylic oxidation sites excluding steroid dienone is 2. The fourth-order valence-electron chi connectivity index (χ4n) is 4.02. The summed E-state index contributed by atoms with van der Waals surface area (Å²) in [6.45, 7) is 6.82. The van der Waals surface area contributed by atoms with E-state index in [1.54, 1.807) is 23.1 Å². The van der Waals surface area contributed by atoms with Crippen LogP contribution in [0.15, 0.2) is 45.2 Å². The molecule has 0 bridgehead atoms. The molecule has 0 aliphatic carbocycles. The predicted octanol–water partition coefficient (Wildman–Crippen LogP) is 4.28. The first-order valence-corrected chi connectivity index (χ1v) is 18.3. The van der Waals surface area contributed by atoms with Gasteiger partial charge in [0.05, 0.1) is 0 Å². The van der Waals surface area contributed by atoms with Crippen LogP contribution in [0.2, 0.25) is 0 Å². The van der Waals surface area contributed by atoms with E-state index in [4.69, 9.17) is 0 Å². The maximum atomic E-state index is 11.4. The maximum absolute atomic E-state index is 11.4. The van der Waals surface area contributed by atoms with E-state index in [1.807, 2.05) is 16.9 Å². The fraction of sp³-hybridized carbons (Fsp3) is 0.375. The third-order valence-corrected chi connectivity index (χ3v) is 12.2. The number of nitrogens with zero attached hydrogens (tertiary/aromatic N) is 2. The first-order chi connectivity index (χ1) is 17.3. The molecule has 0 amide bonds. The molecule has 4 rings (SSSR count). The number of thiophene rings is 1. The van der Waals surface area contributed by atoms with E-state index >= 15 is 0 Å². The minimum absolute atomic E-state index is 0.0165. The molecular formula is C24H29N2O6S4Se+. The van der Waals surface area contributed by atoms with Crippen LogP contribution in [0.25, 0.3) is 15.2 Å². The zero-order chi connectivity index (χ0) is 27.0. The topological polar surface area (TPSA) is 116 Å². The normalized spacial score (nSPS) is 15.8. The summed E-state index contributed by atoms with van der Waals surface area (Å²) in [5.74, 6) is -0.643. The van der Waals surface area contributed by atoms with E-state index < -0.39 is 20.2 Å². The number of rotatable bonds is 10. The molecule has 0 saturated carbocycles. The molecule has 0 atom stereocenters. The van der Waals surface area contributed by atoms with Crippen LogP contribution in [0.1, 0.15) is 35.5 Å². The summed E-state index contributed by atoms with van der Waals surface area (Å²) in [7, 11) is -8.13. The average molecular weight is 649 g/mol. The van der Waals surface area contributed by atoms with Crippen molar-refractivity contribution >= 4 is 78.7 Å². The van der Waals surface area contributed by atoms with Crippen molar-refractivity contribution in [1.29, 1.82) is 0 Å². The van der Waals surface area contributed by atoms with Gasteiger partial charge in [-0.25, -0.2) is 0 Å². The van der Waals surface area contributed by atoms with Gasteiger partial charge in [0, 0.05) is 0 Å². The van der Waals surface area contributed by atoms with E-state index in [2.05, 4.69) is 49.1 Å². The average Bonchev–Trinajstić information content (AvgIpc) is 3.45. The van der Waals surface area contributed by atoms with E-state index in [9.17, 15) is 25.9 Å². The first kappa shape index (κ1) is 28.6. The molecule has 0 saturated heterocycles. The molecule has 0 unspecified atom stereocenters. The molecule has 3 heterocycles. The van der Waals surface area contributed by atoms with Crippen LogP contribution in [0.4, 0.5) is 5.69 Å². The quantitative estimate of drug-likeness (QED) is 0.190. The summed E-state index contributed by atoms with van der Waals surface area (Å²) in [4.78, 5) is 4.24.